The number of ether oxygens (including phenoxy) is 1. The number of hydrogen-bond donors (Lipinski definition) is 2. The van der Waals surface area contributed by atoms with Gasteiger partial charge in [0.15, 0.2) is 0 Å². The average molecular weight is 274 g/mol. The number of carbonyl (C=O) groups is 1. The van der Waals surface area contributed by atoms with Crippen LogP contribution in [0.4, 0.5) is 8.78 Å². The first-order chi connectivity index (χ1) is 9.09. The second-order valence-electron chi connectivity index (χ2n) is 4.25. The maximum atomic E-state index is 12.6. The maximum absolute atomic E-state index is 12.6. The SMILES string of the molecule is C[C@H]1OCCN[C@@H]1C(=O)NCc1nccn1C(F)F. The lowest BCUT2D eigenvalue weighted by Gasteiger charge is -2.29. The Morgan fingerprint density at radius 1 is 1.74 bits per heavy atom. The second kappa shape index (κ2) is 6.07. The van der Waals surface area contributed by atoms with Crippen LogP contribution >= 0.6 is 0 Å². The Hall–Kier alpha value is -1.54. The molecule has 2 atom stereocenters. The highest BCUT2D eigenvalue weighted by atomic mass is 19.3. The van der Waals surface area contributed by atoms with Crippen molar-refractivity contribution in [1.29, 1.82) is 0 Å². The van der Waals surface area contributed by atoms with E-state index < -0.39 is 12.6 Å². The molecule has 2 heterocycles. The number of amides is 1. The first-order valence-corrected chi connectivity index (χ1v) is 6.02. The zero-order valence-electron chi connectivity index (χ0n) is 10.5. The summed E-state index contributed by atoms with van der Waals surface area (Å²) in [7, 11) is 0. The van der Waals surface area contributed by atoms with E-state index in [0.29, 0.717) is 17.7 Å². The summed E-state index contributed by atoms with van der Waals surface area (Å²) in [6.45, 7) is 0.233. The third kappa shape index (κ3) is 3.27. The minimum absolute atomic E-state index is 0.0406. The van der Waals surface area contributed by atoms with Gasteiger partial charge in [-0.05, 0) is 6.92 Å². The van der Waals surface area contributed by atoms with Gasteiger partial charge in [0, 0.05) is 18.9 Å². The second-order valence-corrected chi connectivity index (χ2v) is 4.25. The number of nitrogens with one attached hydrogen (secondary N) is 2. The average Bonchev–Trinajstić information content (AvgIpc) is 2.85. The summed E-state index contributed by atoms with van der Waals surface area (Å²) in [5, 5.41) is 5.61. The van der Waals surface area contributed by atoms with Gasteiger partial charge in [-0.3, -0.25) is 9.36 Å². The van der Waals surface area contributed by atoms with Crippen LogP contribution in [0.15, 0.2) is 12.4 Å². The van der Waals surface area contributed by atoms with Crippen molar-refractivity contribution in [1.82, 2.24) is 20.2 Å². The van der Waals surface area contributed by atoms with Gasteiger partial charge < -0.3 is 15.4 Å². The minimum Gasteiger partial charge on any atom is -0.375 e. The molecule has 1 aromatic heterocycles. The molecule has 0 unspecified atom stereocenters. The van der Waals surface area contributed by atoms with E-state index in [1.807, 2.05) is 0 Å². The third-order valence-electron chi connectivity index (χ3n) is 2.98. The van der Waals surface area contributed by atoms with E-state index in [1.165, 1.54) is 12.4 Å². The van der Waals surface area contributed by atoms with Gasteiger partial charge >= 0.3 is 6.55 Å². The van der Waals surface area contributed by atoms with Gasteiger partial charge in [0.25, 0.3) is 0 Å². The fourth-order valence-corrected chi connectivity index (χ4v) is 1.96. The first-order valence-electron chi connectivity index (χ1n) is 6.02. The molecule has 1 aromatic rings. The zero-order valence-corrected chi connectivity index (χ0v) is 10.5. The number of aromatic nitrogens is 2. The molecular weight excluding hydrogens is 258 g/mol. The Morgan fingerprint density at radius 2 is 2.53 bits per heavy atom. The number of halogens is 2. The Morgan fingerprint density at radius 3 is 3.21 bits per heavy atom. The molecule has 1 aliphatic rings. The van der Waals surface area contributed by atoms with Crippen molar-refractivity contribution in [2.24, 2.45) is 0 Å². The molecule has 106 valence electrons. The van der Waals surface area contributed by atoms with Crippen molar-refractivity contribution in [2.45, 2.75) is 32.2 Å². The van der Waals surface area contributed by atoms with Crippen LogP contribution in [0.3, 0.4) is 0 Å². The van der Waals surface area contributed by atoms with Crippen molar-refractivity contribution >= 4 is 5.91 Å². The molecule has 2 rings (SSSR count). The largest absolute Gasteiger partial charge is 0.375 e. The number of nitrogens with zero attached hydrogens (tertiary/aromatic N) is 2. The fraction of sp³-hybridized carbons (Fsp3) is 0.636. The molecule has 1 amide bonds. The molecule has 8 heteroatoms. The van der Waals surface area contributed by atoms with Gasteiger partial charge in [0.1, 0.15) is 11.9 Å². The summed E-state index contributed by atoms with van der Waals surface area (Å²) >= 11 is 0. The molecule has 0 saturated carbocycles. The standard InChI is InChI=1S/C11H16F2N4O2/c1-7-9(15-3-5-19-7)10(18)16-6-8-14-2-4-17(8)11(12)13/h2,4,7,9,11,15H,3,5-6H2,1H3,(H,16,18)/t7-,9+/m1/s1. The van der Waals surface area contributed by atoms with Crippen molar-refractivity contribution in [3.05, 3.63) is 18.2 Å². The quantitative estimate of drug-likeness (QED) is 0.827. The van der Waals surface area contributed by atoms with Gasteiger partial charge in [-0.1, -0.05) is 0 Å². The van der Waals surface area contributed by atoms with E-state index in [9.17, 15) is 13.6 Å². The highest BCUT2D eigenvalue weighted by Gasteiger charge is 2.28. The van der Waals surface area contributed by atoms with E-state index in [0.717, 1.165) is 0 Å². The highest BCUT2D eigenvalue weighted by Crippen LogP contribution is 2.12. The molecule has 0 aliphatic carbocycles. The van der Waals surface area contributed by atoms with Crippen molar-refractivity contribution < 1.29 is 18.3 Å². The smallest absolute Gasteiger partial charge is 0.319 e. The zero-order chi connectivity index (χ0) is 13.8. The lowest BCUT2D eigenvalue weighted by atomic mass is 10.1. The maximum Gasteiger partial charge on any atom is 0.319 e. The van der Waals surface area contributed by atoms with E-state index in [1.54, 1.807) is 6.92 Å². The Kier molecular flexibility index (Phi) is 4.43. The molecule has 0 spiro atoms. The molecule has 0 radical (unpaired) electrons. The van der Waals surface area contributed by atoms with Gasteiger partial charge in [-0.15, -0.1) is 0 Å². The van der Waals surface area contributed by atoms with Crippen LogP contribution < -0.4 is 10.6 Å². The van der Waals surface area contributed by atoms with E-state index in [4.69, 9.17) is 4.74 Å². The Labute approximate surface area is 109 Å². The fourth-order valence-electron chi connectivity index (χ4n) is 1.96. The lowest BCUT2D eigenvalue weighted by Crippen LogP contribution is -2.55. The molecule has 1 saturated heterocycles. The lowest BCUT2D eigenvalue weighted by molar-refractivity contribution is -0.129. The van der Waals surface area contributed by atoms with Crippen molar-refractivity contribution in [3.63, 3.8) is 0 Å². The number of carbonyl (C=O) groups excluding carboxylic acids is 1. The van der Waals surface area contributed by atoms with Gasteiger partial charge in [0.05, 0.1) is 19.3 Å². The predicted molar refractivity (Wildman–Crippen MR) is 62.5 cm³/mol. The van der Waals surface area contributed by atoms with Crippen LogP contribution in [0.5, 0.6) is 0 Å². The number of hydrogen-bond acceptors (Lipinski definition) is 4. The molecule has 0 bridgehead atoms. The first kappa shape index (κ1) is 13.9. The highest BCUT2D eigenvalue weighted by molar-refractivity contribution is 5.82. The normalized spacial score (nSPS) is 23.6. The van der Waals surface area contributed by atoms with E-state index in [-0.39, 0.29) is 24.4 Å². The number of alkyl halides is 2. The molecule has 6 nitrogen and oxygen atoms in total. The third-order valence-corrected chi connectivity index (χ3v) is 2.98. The monoisotopic (exact) mass is 274 g/mol. The number of morpholine rings is 1. The molecule has 2 N–H and O–H groups in total. The Balaban J connectivity index is 1.91. The summed E-state index contributed by atoms with van der Waals surface area (Å²) in [6, 6.07) is -0.469. The summed E-state index contributed by atoms with van der Waals surface area (Å²) in [6.07, 6.45) is 2.21. The summed E-state index contributed by atoms with van der Waals surface area (Å²) < 4.78 is 31.2. The molecule has 19 heavy (non-hydrogen) atoms. The Bertz CT molecular complexity index is 438. The van der Waals surface area contributed by atoms with Crippen LogP contribution in [-0.4, -0.2) is 40.8 Å². The van der Waals surface area contributed by atoms with Crippen LogP contribution in [0.25, 0.3) is 0 Å². The number of rotatable bonds is 4. The van der Waals surface area contributed by atoms with Crippen LogP contribution in [0, 0.1) is 0 Å². The number of imidazole rings is 1. The molecular formula is C11H16F2N4O2. The van der Waals surface area contributed by atoms with Crippen molar-refractivity contribution in [3.8, 4) is 0 Å². The van der Waals surface area contributed by atoms with Gasteiger partial charge in [-0.2, -0.15) is 8.78 Å². The van der Waals surface area contributed by atoms with Crippen LogP contribution in [0.1, 0.15) is 19.3 Å². The molecule has 1 aliphatic heterocycles. The van der Waals surface area contributed by atoms with Gasteiger partial charge in [-0.25, -0.2) is 4.98 Å². The predicted octanol–water partition coefficient (Wildman–Crippen LogP) is 0.271. The van der Waals surface area contributed by atoms with Crippen LogP contribution in [0.2, 0.25) is 0 Å². The van der Waals surface area contributed by atoms with E-state index >= 15 is 0 Å². The summed E-state index contributed by atoms with van der Waals surface area (Å²) in [5.41, 5.74) is 0. The van der Waals surface area contributed by atoms with Crippen LogP contribution in [-0.2, 0) is 16.1 Å². The topological polar surface area (TPSA) is 68.2 Å². The summed E-state index contributed by atoms with van der Waals surface area (Å²) in [5.74, 6) is -0.163. The minimum atomic E-state index is -2.66. The molecule has 0 aromatic carbocycles. The van der Waals surface area contributed by atoms with E-state index in [2.05, 4.69) is 15.6 Å². The van der Waals surface area contributed by atoms with Crippen molar-refractivity contribution in [2.75, 3.05) is 13.2 Å². The summed E-state index contributed by atoms with van der Waals surface area (Å²) in [4.78, 5) is 15.7. The molecule has 1 fully saturated rings. The van der Waals surface area contributed by atoms with Gasteiger partial charge in [0.2, 0.25) is 5.91 Å².